The van der Waals surface area contributed by atoms with Gasteiger partial charge in [0.15, 0.2) is 0 Å². The van der Waals surface area contributed by atoms with E-state index in [0.717, 1.165) is 19.3 Å². The van der Waals surface area contributed by atoms with E-state index in [4.69, 9.17) is 9.47 Å². The third kappa shape index (κ3) is 4.59. The second-order valence-electron chi connectivity index (χ2n) is 6.65. The first-order valence-corrected chi connectivity index (χ1v) is 7.75. The van der Waals surface area contributed by atoms with Crippen molar-refractivity contribution in [2.24, 2.45) is 0 Å². The molecule has 0 aromatic heterocycles. The zero-order chi connectivity index (χ0) is 15.5. The molecule has 2 saturated heterocycles. The highest BCUT2D eigenvalue weighted by Gasteiger charge is 2.31. The molecule has 0 aromatic rings. The maximum absolute atomic E-state index is 12.3. The number of amides is 2. The van der Waals surface area contributed by atoms with Crippen LogP contribution in [-0.4, -0.2) is 66.3 Å². The number of rotatable bonds is 1. The van der Waals surface area contributed by atoms with Gasteiger partial charge in [0, 0.05) is 32.8 Å². The highest BCUT2D eigenvalue weighted by Crippen LogP contribution is 2.17. The SMILES string of the molecule is CC(C)(C)OC(=O)N1CCCN(C(=O)C2CCCO2)CC1. The van der Waals surface area contributed by atoms with Crippen LogP contribution in [0.1, 0.15) is 40.0 Å². The summed E-state index contributed by atoms with van der Waals surface area (Å²) in [6, 6.07) is 0. The molecule has 0 bridgehead atoms. The van der Waals surface area contributed by atoms with Crippen LogP contribution in [0.15, 0.2) is 0 Å². The molecule has 120 valence electrons. The maximum atomic E-state index is 12.3. The van der Waals surface area contributed by atoms with Crippen LogP contribution in [0.3, 0.4) is 0 Å². The Hall–Kier alpha value is -1.30. The lowest BCUT2D eigenvalue weighted by Gasteiger charge is -2.27. The summed E-state index contributed by atoms with van der Waals surface area (Å²) in [7, 11) is 0. The Morgan fingerprint density at radius 2 is 1.71 bits per heavy atom. The molecule has 0 radical (unpaired) electrons. The van der Waals surface area contributed by atoms with Gasteiger partial charge in [-0.3, -0.25) is 4.79 Å². The van der Waals surface area contributed by atoms with Crippen LogP contribution in [-0.2, 0) is 14.3 Å². The molecule has 6 heteroatoms. The average molecular weight is 298 g/mol. The molecular formula is C15H26N2O4. The fourth-order valence-corrected chi connectivity index (χ4v) is 2.62. The van der Waals surface area contributed by atoms with Crippen LogP contribution >= 0.6 is 0 Å². The highest BCUT2D eigenvalue weighted by atomic mass is 16.6. The molecule has 2 fully saturated rings. The minimum absolute atomic E-state index is 0.0681. The van der Waals surface area contributed by atoms with Crippen molar-refractivity contribution in [2.75, 3.05) is 32.8 Å². The highest BCUT2D eigenvalue weighted by molar-refractivity contribution is 5.81. The van der Waals surface area contributed by atoms with Gasteiger partial charge in [0.1, 0.15) is 11.7 Å². The van der Waals surface area contributed by atoms with Crippen LogP contribution < -0.4 is 0 Å². The third-order valence-corrected chi connectivity index (χ3v) is 3.66. The molecule has 2 rings (SSSR count). The molecule has 0 aromatic carbocycles. The molecule has 2 aliphatic rings. The topological polar surface area (TPSA) is 59.1 Å². The van der Waals surface area contributed by atoms with Crippen LogP contribution in [0.25, 0.3) is 0 Å². The van der Waals surface area contributed by atoms with Gasteiger partial charge in [-0.15, -0.1) is 0 Å². The summed E-state index contributed by atoms with van der Waals surface area (Å²) in [6.45, 7) is 8.63. The fraction of sp³-hybridized carbons (Fsp3) is 0.867. The number of carbonyl (C=O) groups excluding carboxylic acids is 2. The Kier molecular flexibility index (Phi) is 5.08. The molecule has 0 spiro atoms. The maximum Gasteiger partial charge on any atom is 0.410 e. The van der Waals surface area contributed by atoms with Gasteiger partial charge in [0.2, 0.25) is 0 Å². The summed E-state index contributed by atoms with van der Waals surface area (Å²) in [4.78, 5) is 27.9. The van der Waals surface area contributed by atoms with E-state index in [2.05, 4.69) is 0 Å². The van der Waals surface area contributed by atoms with Crippen molar-refractivity contribution in [3.05, 3.63) is 0 Å². The third-order valence-electron chi connectivity index (χ3n) is 3.66. The van der Waals surface area contributed by atoms with Crippen molar-refractivity contribution in [1.82, 2.24) is 9.80 Å². The van der Waals surface area contributed by atoms with E-state index in [1.54, 1.807) is 4.90 Å². The van der Waals surface area contributed by atoms with E-state index in [1.807, 2.05) is 25.7 Å². The van der Waals surface area contributed by atoms with E-state index < -0.39 is 5.60 Å². The molecule has 0 saturated carbocycles. The second-order valence-corrected chi connectivity index (χ2v) is 6.65. The first-order valence-electron chi connectivity index (χ1n) is 7.75. The Balaban J connectivity index is 1.86. The lowest BCUT2D eigenvalue weighted by molar-refractivity contribution is -0.140. The second kappa shape index (κ2) is 6.64. The van der Waals surface area contributed by atoms with Crippen molar-refractivity contribution in [3.63, 3.8) is 0 Å². The normalized spacial score (nSPS) is 23.9. The van der Waals surface area contributed by atoms with E-state index in [9.17, 15) is 9.59 Å². The van der Waals surface area contributed by atoms with Crippen LogP contribution in [0.4, 0.5) is 4.79 Å². The predicted octanol–water partition coefficient (Wildman–Crippen LogP) is 1.63. The quantitative estimate of drug-likeness (QED) is 0.738. The fourth-order valence-electron chi connectivity index (χ4n) is 2.62. The summed E-state index contributed by atoms with van der Waals surface area (Å²) in [5, 5.41) is 0. The van der Waals surface area contributed by atoms with Gasteiger partial charge in [0.05, 0.1) is 0 Å². The van der Waals surface area contributed by atoms with Gasteiger partial charge in [0.25, 0.3) is 5.91 Å². The Morgan fingerprint density at radius 3 is 2.33 bits per heavy atom. The zero-order valence-corrected chi connectivity index (χ0v) is 13.3. The van der Waals surface area contributed by atoms with Crippen LogP contribution in [0.2, 0.25) is 0 Å². The summed E-state index contributed by atoms with van der Waals surface area (Å²) in [6.07, 6.45) is 1.96. The van der Waals surface area contributed by atoms with E-state index in [0.29, 0.717) is 32.8 Å². The molecule has 2 aliphatic heterocycles. The minimum Gasteiger partial charge on any atom is -0.444 e. The number of hydrogen-bond donors (Lipinski definition) is 0. The number of ether oxygens (including phenoxy) is 2. The van der Waals surface area contributed by atoms with E-state index in [-0.39, 0.29) is 18.1 Å². The summed E-state index contributed by atoms with van der Waals surface area (Å²) in [5.74, 6) is 0.0681. The lowest BCUT2D eigenvalue weighted by Crippen LogP contribution is -2.42. The van der Waals surface area contributed by atoms with Crippen LogP contribution in [0.5, 0.6) is 0 Å². The predicted molar refractivity (Wildman–Crippen MR) is 78.0 cm³/mol. The number of hydrogen-bond acceptors (Lipinski definition) is 4. The van der Waals surface area contributed by atoms with Gasteiger partial charge in [-0.1, -0.05) is 0 Å². The largest absolute Gasteiger partial charge is 0.444 e. The van der Waals surface area contributed by atoms with E-state index >= 15 is 0 Å². The molecule has 21 heavy (non-hydrogen) atoms. The first-order chi connectivity index (χ1) is 9.87. The van der Waals surface area contributed by atoms with Gasteiger partial charge in [-0.05, 0) is 40.0 Å². The minimum atomic E-state index is -0.490. The van der Waals surface area contributed by atoms with Crippen molar-refractivity contribution < 1.29 is 19.1 Å². The van der Waals surface area contributed by atoms with Crippen molar-refractivity contribution in [3.8, 4) is 0 Å². The molecule has 1 atom stereocenters. The molecular weight excluding hydrogens is 272 g/mol. The smallest absolute Gasteiger partial charge is 0.410 e. The monoisotopic (exact) mass is 298 g/mol. The molecule has 0 N–H and O–H groups in total. The van der Waals surface area contributed by atoms with Gasteiger partial charge >= 0.3 is 6.09 Å². The van der Waals surface area contributed by atoms with Gasteiger partial charge in [-0.25, -0.2) is 4.79 Å². The standard InChI is InChI=1S/C15H26N2O4/c1-15(2,3)21-14(19)17-8-5-7-16(9-10-17)13(18)12-6-4-11-20-12/h12H,4-11H2,1-3H3. The van der Waals surface area contributed by atoms with Crippen molar-refractivity contribution in [1.29, 1.82) is 0 Å². The van der Waals surface area contributed by atoms with Gasteiger partial charge < -0.3 is 19.3 Å². The number of carbonyl (C=O) groups is 2. The molecule has 2 amide bonds. The van der Waals surface area contributed by atoms with Crippen LogP contribution in [0, 0.1) is 0 Å². The molecule has 2 heterocycles. The lowest BCUT2D eigenvalue weighted by atomic mass is 10.2. The van der Waals surface area contributed by atoms with E-state index in [1.165, 1.54) is 0 Å². The zero-order valence-electron chi connectivity index (χ0n) is 13.3. The average Bonchev–Trinajstić information content (AvgIpc) is 2.80. The first kappa shape index (κ1) is 16.1. The Labute approximate surface area is 126 Å². The molecule has 6 nitrogen and oxygen atoms in total. The molecule has 1 unspecified atom stereocenters. The van der Waals surface area contributed by atoms with Crippen molar-refractivity contribution >= 4 is 12.0 Å². The van der Waals surface area contributed by atoms with Gasteiger partial charge in [-0.2, -0.15) is 0 Å². The Morgan fingerprint density at radius 1 is 1.05 bits per heavy atom. The Bertz CT molecular complexity index is 386. The summed E-state index contributed by atoms with van der Waals surface area (Å²) in [5.41, 5.74) is -0.490. The molecule has 0 aliphatic carbocycles. The van der Waals surface area contributed by atoms with Crippen molar-refractivity contribution in [2.45, 2.75) is 51.7 Å². The summed E-state index contributed by atoms with van der Waals surface area (Å²) >= 11 is 0. The number of nitrogens with zero attached hydrogens (tertiary/aromatic N) is 2. The summed E-state index contributed by atoms with van der Waals surface area (Å²) < 4.78 is 10.8.